The van der Waals surface area contributed by atoms with E-state index in [1.165, 1.54) is 12.1 Å². The van der Waals surface area contributed by atoms with Crippen LogP contribution in [0.15, 0.2) is 24.3 Å². The Morgan fingerprint density at radius 2 is 2.00 bits per heavy atom. The number of nitriles is 1. The van der Waals surface area contributed by atoms with Gasteiger partial charge in [-0.3, -0.25) is 4.79 Å². The molecule has 1 atom stereocenters. The van der Waals surface area contributed by atoms with Gasteiger partial charge in [0.05, 0.1) is 11.5 Å². The largest absolute Gasteiger partial charge is 0.481 e. The Bertz CT molecular complexity index is 462. The normalized spacial score (nSPS) is 13.9. The molecular weight excluding hydrogens is 233 g/mol. The second-order valence-corrected chi connectivity index (χ2v) is 4.64. The van der Waals surface area contributed by atoms with Crippen molar-refractivity contribution in [3.63, 3.8) is 0 Å². The van der Waals surface area contributed by atoms with Gasteiger partial charge in [0, 0.05) is 6.42 Å². The lowest BCUT2D eigenvalue weighted by Crippen LogP contribution is -2.31. The molecule has 0 aliphatic heterocycles. The van der Waals surface area contributed by atoms with Crippen LogP contribution in [0, 0.1) is 23.1 Å². The second-order valence-electron chi connectivity index (χ2n) is 4.64. The Balaban J connectivity index is 3.15. The van der Waals surface area contributed by atoms with Crippen LogP contribution in [0.2, 0.25) is 0 Å². The van der Waals surface area contributed by atoms with E-state index in [2.05, 4.69) is 6.07 Å². The number of halogens is 1. The third kappa shape index (κ3) is 2.86. The standard InChI is InChI=1S/C14H16FNO2/c1-10(2)14(9-16,8-7-13(17)18)11-3-5-12(15)6-4-11/h3-6,10H,7-8H2,1-2H3,(H,17,18). The molecule has 0 bridgehead atoms. The zero-order valence-electron chi connectivity index (χ0n) is 10.5. The van der Waals surface area contributed by atoms with E-state index in [1.807, 2.05) is 13.8 Å². The van der Waals surface area contributed by atoms with Crippen LogP contribution in [0.1, 0.15) is 32.3 Å². The van der Waals surface area contributed by atoms with Crippen molar-refractivity contribution in [1.29, 1.82) is 5.26 Å². The highest BCUT2D eigenvalue weighted by Gasteiger charge is 2.36. The minimum atomic E-state index is -0.933. The number of nitrogens with zero attached hydrogens (tertiary/aromatic N) is 1. The summed E-state index contributed by atoms with van der Waals surface area (Å²) < 4.78 is 12.9. The maximum atomic E-state index is 12.9. The van der Waals surface area contributed by atoms with Gasteiger partial charge in [0.15, 0.2) is 0 Å². The first-order chi connectivity index (χ1) is 8.42. The summed E-state index contributed by atoms with van der Waals surface area (Å²) >= 11 is 0. The maximum Gasteiger partial charge on any atom is 0.303 e. The quantitative estimate of drug-likeness (QED) is 0.872. The first-order valence-electron chi connectivity index (χ1n) is 5.81. The van der Waals surface area contributed by atoms with E-state index in [-0.39, 0.29) is 24.6 Å². The molecular formula is C14H16FNO2. The van der Waals surface area contributed by atoms with Gasteiger partial charge in [-0.05, 0) is 30.0 Å². The SMILES string of the molecule is CC(C)C(C#N)(CCC(=O)O)c1ccc(F)cc1. The fourth-order valence-corrected chi connectivity index (χ4v) is 2.07. The van der Waals surface area contributed by atoms with Gasteiger partial charge in [0.25, 0.3) is 0 Å². The summed E-state index contributed by atoms with van der Waals surface area (Å²) in [6.45, 7) is 3.74. The molecule has 3 nitrogen and oxygen atoms in total. The number of carboxylic acids is 1. The van der Waals surface area contributed by atoms with Crippen LogP contribution >= 0.6 is 0 Å². The summed E-state index contributed by atoms with van der Waals surface area (Å²) in [7, 11) is 0. The van der Waals surface area contributed by atoms with Gasteiger partial charge in [-0.25, -0.2) is 4.39 Å². The van der Waals surface area contributed by atoms with Crippen molar-refractivity contribution in [3.8, 4) is 6.07 Å². The average Bonchev–Trinajstić information content (AvgIpc) is 2.31. The predicted octanol–water partition coefficient (Wildman–Crippen LogP) is 3.11. The first-order valence-corrected chi connectivity index (χ1v) is 5.81. The Morgan fingerprint density at radius 1 is 1.44 bits per heavy atom. The molecule has 1 rings (SSSR count). The first kappa shape index (κ1) is 14.2. The van der Waals surface area contributed by atoms with Crippen LogP contribution in [0.5, 0.6) is 0 Å². The van der Waals surface area contributed by atoms with Crippen LogP contribution in [0.3, 0.4) is 0 Å². The van der Waals surface area contributed by atoms with Crippen molar-refractivity contribution < 1.29 is 14.3 Å². The lowest BCUT2D eigenvalue weighted by Gasteiger charge is -2.30. The lowest BCUT2D eigenvalue weighted by atomic mass is 9.70. The highest BCUT2D eigenvalue weighted by atomic mass is 19.1. The van der Waals surface area contributed by atoms with E-state index in [9.17, 15) is 14.4 Å². The average molecular weight is 249 g/mol. The molecule has 0 saturated heterocycles. The molecule has 96 valence electrons. The molecule has 0 fully saturated rings. The van der Waals surface area contributed by atoms with Gasteiger partial charge < -0.3 is 5.11 Å². The molecule has 1 aromatic rings. The Labute approximate surface area is 106 Å². The highest BCUT2D eigenvalue weighted by Crippen LogP contribution is 2.36. The smallest absolute Gasteiger partial charge is 0.303 e. The van der Waals surface area contributed by atoms with Crippen molar-refractivity contribution in [2.45, 2.75) is 32.1 Å². The minimum absolute atomic E-state index is 0.0488. The maximum absolute atomic E-state index is 12.9. The molecule has 0 saturated carbocycles. The Hall–Kier alpha value is -1.89. The van der Waals surface area contributed by atoms with Gasteiger partial charge in [-0.1, -0.05) is 26.0 Å². The number of aliphatic carboxylic acids is 1. The second kappa shape index (κ2) is 5.63. The van der Waals surface area contributed by atoms with Crippen LogP contribution < -0.4 is 0 Å². The minimum Gasteiger partial charge on any atom is -0.481 e. The van der Waals surface area contributed by atoms with Crippen LogP contribution in [0.4, 0.5) is 4.39 Å². The third-order valence-corrected chi connectivity index (χ3v) is 3.28. The molecule has 0 radical (unpaired) electrons. The van der Waals surface area contributed by atoms with Crippen molar-refractivity contribution in [1.82, 2.24) is 0 Å². The summed E-state index contributed by atoms with van der Waals surface area (Å²) in [5.74, 6) is -1.35. The van der Waals surface area contributed by atoms with E-state index in [4.69, 9.17) is 5.11 Å². The van der Waals surface area contributed by atoms with E-state index in [0.29, 0.717) is 5.56 Å². The Kier molecular flexibility index (Phi) is 4.43. The summed E-state index contributed by atoms with van der Waals surface area (Å²) in [6.07, 6.45) is 0.144. The van der Waals surface area contributed by atoms with Crippen molar-refractivity contribution >= 4 is 5.97 Å². The van der Waals surface area contributed by atoms with E-state index in [1.54, 1.807) is 12.1 Å². The summed E-state index contributed by atoms with van der Waals surface area (Å²) in [5.41, 5.74) is -0.214. The fraction of sp³-hybridized carbons (Fsp3) is 0.429. The highest BCUT2D eigenvalue weighted by molar-refractivity contribution is 5.67. The molecule has 0 amide bonds. The lowest BCUT2D eigenvalue weighted by molar-refractivity contribution is -0.137. The number of benzene rings is 1. The molecule has 1 unspecified atom stereocenters. The van der Waals surface area contributed by atoms with Crippen molar-refractivity contribution in [2.75, 3.05) is 0 Å². The number of hydrogen-bond acceptors (Lipinski definition) is 2. The van der Waals surface area contributed by atoms with Crippen LogP contribution in [-0.2, 0) is 10.2 Å². The number of hydrogen-bond donors (Lipinski definition) is 1. The van der Waals surface area contributed by atoms with Crippen molar-refractivity contribution in [3.05, 3.63) is 35.6 Å². The fourth-order valence-electron chi connectivity index (χ4n) is 2.07. The third-order valence-electron chi connectivity index (χ3n) is 3.28. The molecule has 0 spiro atoms. The van der Waals surface area contributed by atoms with Crippen LogP contribution in [0.25, 0.3) is 0 Å². The zero-order chi connectivity index (χ0) is 13.8. The van der Waals surface area contributed by atoms with Crippen LogP contribution in [-0.4, -0.2) is 11.1 Å². The van der Waals surface area contributed by atoms with Gasteiger partial charge in [0.2, 0.25) is 0 Å². The number of carbonyl (C=O) groups is 1. The number of carboxylic acid groups (broad SMARTS) is 1. The van der Waals surface area contributed by atoms with E-state index >= 15 is 0 Å². The number of rotatable bonds is 5. The molecule has 1 aromatic carbocycles. The molecule has 0 aliphatic carbocycles. The summed E-state index contributed by atoms with van der Waals surface area (Å²) in [6, 6.07) is 7.92. The Morgan fingerprint density at radius 3 is 2.39 bits per heavy atom. The molecule has 4 heteroatoms. The van der Waals surface area contributed by atoms with E-state index < -0.39 is 11.4 Å². The molecule has 0 heterocycles. The van der Waals surface area contributed by atoms with Crippen molar-refractivity contribution in [2.24, 2.45) is 5.92 Å². The zero-order valence-corrected chi connectivity index (χ0v) is 10.5. The monoisotopic (exact) mass is 249 g/mol. The predicted molar refractivity (Wildman–Crippen MR) is 65.4 cm³/mol. The molecule has 1 N–H and O–H groups in total. The molecule has 18 heavy (non-hydrogen) atoms. The van der Waals surface area contributed by atoms with Gasteiger partial charge in [0.1, 0.15) is 5.82 Å². The molecule has 0 aliphatic rings. The summed E-state index contributed by atoms with van der Waals surface area (Å²) in [5, 5.41) is 18.2. The summed E-state index contributed by atoms with van der Waals surface area (Å²) in [4.78, 5) is 10.7. The van der Waals surface area contributed by atoms with Gasteiger partial charge in [-0.15, -0.1) is 0 Å². The topological polar surface area (TPSA) is 61.1 Å². The van der Waals surface area contributed by atoms with Gasteiger partial charge in [-0.2, -0.15) is 5.26 Å². The van der Waals surface area contributed by atoms with E-state index in [0.717, 1.165) is 0 Å². The molecule has 0 aromatic heterocycles. The van der Waals surface area contributed by atoms with Gasteiger partial charge >= 0.3 is 5.97 Å².